The zero-order chi connectivity index (χ0) is 14.8. The van der Waals surface area contributed by atoms with E-state index >= 15 is 0 Å². The van der Waals surface area contributed by atoms with Crippen LogP contribution in [-0.4, -0.2) is 43.7 Å². The first-order valence-corrected chi connectivity index (χ1v) is 8.34. The molecule has 21 heavy (non-hydrogen) atoms. The number of piperazine rings is 1. The molecule has 0 spiro atoms. The van der Waals surface area contributed by atoms with Crippen molar-refractivity contribution in [3.05, 3.63) is 24.3 Å². The molecule has 0 N–H and O–H groups in total. The lowest BCUT2D eigenvalue weighted by molar-refractivity contribution is 0.100. The van der Waals surface area contributed by atoms with E-state index in [2.05, 4.69) is 41.8 Å². The van der Waals surface area contributed by atoms with Crippen LogP contribution in [0.5, 0.6) is 5.75 Å². The summed E-state index contributed by atoms with van der Waals surface area (Å²) in [5.41, 5.74) is 1.32. The van der Waals surface area contributed by atoms with Crippen molar-refractivity contribution in [3.63, 3.8) is 0 Å². The average Bonchev–Trinajstić information content (AvgIpc) is 2.53. The van der Waals surface area contributed by atoms with Crippen LogP contribution in [0.25, 0.3) is 0 Å². The highest BCUT2D eigenvalue weighted by Crippen LogP contribution is 2.32. The summed E-state index contributed by atoms with van der Waals surface area (Å²) < 4.78 is 5.41. The second-order valence-corrected chi connectivity index (χ2v) is 6.81. The monoisotopic (exact) mass is 288 g/mol. The third kappa shape index (κ3) is 3.03. The maximum absolute atomic E-state index is 5.41. The molecule has 0 bridgehead atoms. The Morgan fingerprint density at radius 1 is 1.19 bits per heavy atom. The predicted molar refractivity (Wildman–Crippen MR) is 88.2 cm³/mol. The SMILES string of the molecule is COc1cccc(N2CC3CCCCN3CC2C(C)C)c1. The molecule has 3 nitrogen and oxygen atoms in total. The van der Waals surface area contributed by atoms with Crippen LogP contribution in [-0.2, 0) is 0 Å². The van der Waals surface area contributed by atoms with E-state index in [9.17, 15) is 0 Å². The first kappa shape index (κ1) is 14.7. The number of benzene rings is 1. The van der Waals surface area contributed by atoms with Gasteiger partial charge in [-0.3, -0.25) is 4.90 Å². The van der Waals surface area contributed by atoms with Crippen LogP contribution >= 0.6 is 0 Å². The summed E-state index contributed by atoms with van der Waals surface area (Å²) in [5.74, 6) is 1.63. The number of methoxy groups -OCH3 is 1. The first-order valence-electron chi connectivity index (χ1n) is 8.34. The van der Waals surface area contributed by atoms with E-state index in [1.54, 1.807) is 7.11 Å². The average molecular weight is 288 g/mol. The number of piperidine rings is 1. The molecule has 2 fully saturated rings. The molecule has 2 aliphatic heterocycles. The standard InChI is InChI=1S/C18H28N2O/c1-14(2)18-13-19-10-5-4-7-16(19)12-20(18)15-8-6-9-17(11-15)21-3/h6,8-9,11,14,16,18H,4-5,7,10,12-13H2,1-3H3. The van der Waals surface area contributed by atoms with Crippen LogP contribution < -0.4 is 9.64 Å². The molecule has 2 saturated heterocycles. The van der Waals surface area contributed by atoms with Gasteiger partial charge in [0.1, 0.15) is 5.75 Å². The predicted octanol–water partition coefficient (Wildman–Crippen LogP) is 3.39. The largest absolute Gasteiger partial charge is 0.497 e. The Balaban J connectivity index is 1.86. The van der Waals surface area contributed by atoms with Crippen molar-refractivity contribution >= 4 is 5.69 Å². The van der Waals surface area contributed by atoms with Crippen LogP contribution in [0, 0.1) is 5.92 Å². The highest BCUT2D eigenvalue weighted by Gasteiger charge is 2.36. The fourth-order valence-corrected chi connectivity index (χ4v) is 3.87. The van der Waals surface area contributed by atoms with Crippen molar-refractivity contribution in [1.29, 1.82) is 0 Å². The number of hydrogen-bond donors (Lipinski definition) is 0. The minimum atomic E-state index is 0.603. The summed E-state index contributed by atoms with van der Waals surface area (Å²) in [4.78, 5) is 5.35. The second-order valence-electron chi connectivity index (χ2n) is 6.81. The summed E-state index contributed by atoms with van der Waals surface area (Å²) in [6.07, 6.45) is 4.12. The molecule has 116 valence electrons. The Bertz CT molecular complexity index is 474. The number of ether oxygens (including phenoxy) is 1. The van der Waals surface area contributed by atoms with Gasteiger partial charge >= 0.3 is 0 Å². The van der Waals surface area contributed by atoms with Crippen molar-refractivity contribution in [2.24, 2.45) is 5.92 Å². The van der Waals surface area contributed by atoms with Gasteiger partial charge in [0.15, 0.2) is 0 Å². The number of rotatable bonds is 3. The molecule has 1 aromatic rings. The fourth-order valence-electron chi connectivity index (χ4n) is 3.87. The topological polar surface area (TPSA) is 15.7 Å². The van der Waals surface area contributed by atoms with Gasteiger partial charge in [-0.05, 0) is 37.4 Å². The lowest BCUT2D eigenvalue weighted by Gasteiger charge is -2.50. The van der Waals surface area contributed by atoms with Gasteiger partial charge in [0.05, 0.1) is 7.11 Å². The van der Waals surface area contributed by atoms with Crippen molar-refractivity contribution in [2.45, 2.75) is 45.2 Å². The Morgan fingerprint density at radius 2 is 2.05 bits per heavy atom. The first-order chi connectivity index (χ1) is 10.2. The quantitative estimate of drug-likeness (QED) is 0.848. The normalized spacial score (nSPS) is 26.8. The molecule has 0 amide bonds. The van der Waals surface area contributed by atoms with Gasteiger partial charge in [-0.2, -0.15) is 0 Å². The Hall–Kier alpha value is -1.22. The van der Waals surface area contributed by atoms with Gasteiger partial charge in [0.2, 0.25) is 0 Å². The minimum absolute atomic E-state index is 0.603. The summed E-state index contributed by atoms with van der Waals surface area (Å²) in [5, 5.41) is 0. The van der Waals surface area contributed by atoms with Gasteiger partial charge < -0.3 is 9.64 Å². The van der Waals surface area contributed by atoms with E-state index in [-0.39, 0.29) is 0 Å². The minimum Gasteiger partial charge on any atom is -0.497 e. The zero-order valence-corrected chi connectivity index (χ0v) is 13.6. The highest BCUT2D eigenvalue weighted by molar-refractivity contribution is 5.52. The molecule has 0 radical (unpaired) electrons. The van der Waals surface area contributed by atoms with Crippen molar-refractivity contribution in [3.8, 4) is 5.75 Å². The molecule has 1 aromatic carbocycles. The number of anilines is 1. The molecule has 0 aromatic heterocycles. The third-order valence-electron chi connectivity index (χ3n) is 5.13. The van der Waals surface area contributed by atoms with Crippen LogP contribution in [0.1, 0.15) is 33.1 Å². The van der Waals surface area contributed by atoms with E-state index in [1.165, 1.54) is 38.0 Å². The smallest absolute Gasteiger partial charge is 0.120 e. The molecule has 0 aliphatic carbocycles. The van der Waals surface area contributed by atoms with Gasteiger partial charge in [0, 0.05) is 36.9 Å². The Labute approximate surface area is 128 Å². The van der Waals surface area contributed by atoms with E-state index in [4.69, 9.17) is 4.74 Å². The van der Waals surface area contributed by atoms with E-state index in [1.807, 2.05) is 6.07 Å². The van der Waals surface area contributed by atoms with Gasteiger partial charge in [-0.15, -0.1) is 0 Å². The highest BCUT2D eigenvalue weighted by atomic mass is 16.5. The number of nitrogens with zero attached hydrogens (tertiary/aromatic N) is 2. The molecule has 3 rings (SSSR count). The van der Waals surface area contributed by atoms with Crippen LogP contribution in [0.15, 0.2) is 24.3 Å². The van der Waals surface area contributed by atoms with Crippen LogP contribution in [0.3, 0.4) is 0 Å². The van der Waals surface area contributed by atoms with E-state index < -0.39 is 0 Å². The lowest BCUT2D eigenvalue weighted by atomic mass is 9.91. The van der Waals surface area contributed by atoms with Crippen molar-refractivity contribution < 1.29 is 4.74 Å². The van der Waals surface area contributed by atoms with Gasteiger partial charge in [-0.25, -0.2) is 0 Å². The summed E-state index contributed by atoms with van der Waals surface area (Å²) >= 11 is 0. The molecule has 0 saturated carbocycles. The van der Waals surface area contributed by atoms with Gasteiger partial charge in [0.25, 0.3) is 0 Å². The molecule has 2 atom stereocenters. The van der Waals surface area contributed by atoms with E-state index in [0.29, 0.717) is 12.0 Å². The lowest BCUT2D eigenvalue weighted by Crippen LogP contribution is -2.61. The van der Waals surface area contributed by atoms with Crippen LogP contribution in [0.4, 0.5) is 5.69 Å². The molecule has 2 unspecified atom stereocenters. The summed E-state index contributed by atoms with van der Waals surface area (Å²) in [7, 11) is 1.75. The van der Waals surface area contributed by atoms with E-state index in [0.717, 1.165) is 18.3 Å². The maximum atomic E-state index is 5.41. The second kappa shape index (κ2) is 6.27. The molecular formula is C18H28N2O. The molecule has 3 heteroatoms. The number of hydrogen-bond acceptors (Lipinski definition) is 3. The summed E-state index contributed by atoms with van der Waals surface area (Å²) in [6.45, 7) is 8.36. The zero-order valence-electron chi connectivity index (χ0n) is 13.6. The Morgan fingerprint density at radius 3 is 2.81 bits per heavy atom. The maximum Gasteiger partial charge on any atom is 0.120 e. The Kier molecular flexibility index (Phi) is 4.39. The number of fused-ring (bicyclic) bond motifs is 1. The fraction of sp³-hybridized carbons (Fsp3) is 0.667. The van der Waals surface area contributed by atoms with Crippen molar-refractivity contribution in [2.75, 3.05) is 31.6 Å². The molecular weight excluding hydrogens is 260 g/mol. The molecule has 2 aliphatic rings. The third-order valence-corrected chi connectivity index (χ3v) is 5.13. The molecule has 2 heterocycles. The van der Waals surface area contributed by atoms with Crippen LogP contribution in [0.2, 0.25) is 0 Å². The van der Waals surface area contributed by atoms with Crippen molar-refractivity contribution in [1.82, 2.24) is 4.90 Å². The summed E-state index contributed by atoms with van der Waals surface area (Å²) in [6, 6.07) is 9.90. The van der Waals surface area contributed by atoms with Gasteiger partial charge in [-0.1, -0.05) is 26.3 Å².